The Hall–Kier alpha value is -3.55. The number of hydrogen-bond acceptors (Lipinski definition) is 6. The molecule has 162 valence electrons. The molecule has 2 aromatic rings. The summed E-state index contributed by atoms with van der Waals surface area (Å²) in [6, 6.07) is 9.68. The molecule has 0 unspecified atom stereocenters. The van der Waals surface area contributed by atoms with Gasteiger partial charge >= 0.3 is 6.03 Å². The maximum absolute atomic E-state index is 13.4. The van der Waals surface area contributed by atoms with Crippen LogP contribution in [0.25, 0.3) is 0 Å². The monoisotopic (exact) mass is 424 g/mol. The Morgan fingerprint density at radius 1 is 1.13 bits per heavy atom. The van der Waals surface area contributed by atoms with Crippen molar-refractivity contribution in [2.45, 2.75) is 32.4 Å². The van der Waals surface area contributed by atoms with E-state index in [2.05, 4.69) is 5.32 Å². The minimum absolute atomic E-state index is 0.0187. The number of amides is 3. The van der Waals surface area contributed by atoms with Crippen LogP contribution in [0.2, 0.25) is 0 Å². The summed E-state index contributed by atoms with van der Waals surface area (Å²) >= 11 is 0. The van der Waals surface area contributed by atoms with E-state index in [1.54, 1.807) is 43.3 Å². The zero-order chi connectivity index (χ0) is 22.2. The zero-order valence-electron chi connectivity index (χ0n) is 17.7. The molecule has 0 aromatic heterocycles. The maximum atomic E-state index is 13.4. The van der Waals surface area contributed by atoms with E-state index in [9.17, 15) is 14.4 Å². The van der Waals surface area contributed by atoms with Crippen molar-refractivity contribution in [1.29, 1.82) is 0 Å². The first-order chi connectivity index (χ1) is 14.8. The van der Waals surface area contributed by atoms with Crippen molar-refractivity contribution in [3.63, 3.8) is 0 Å². The van der Waals surface area contributed by atoms with Gasteiger partial charge in [0, 0.05) is 17.5 Å². The molecule has 0 radical (unpaired) electrons. The Balaban J connectivity index is 1.64. The predicted octanol–water partition coefficient (Wildman–Crippen LogP) is 3.03. The first kappa shape index (κ1) is 20.7. The highest BCUT2D eigenvalue weighted by Crippen LogP contribution is 2.37. The third kappa shape index (κ3) is 3.69. The van der Waals surface area contributed by atoms with Crippen molar-refractivity contribution in [1.82, 2.24) is 10.2 Å². The van der Waals surface area contributed by atoms with Crippen LogP contribution < -0.4 is 19.5 Å². The molecule has 2 aromatic carbocycles. The fourth-order valence-corrected chi connectivity index (χ4v) is 3.80. The van der Waals surface area contributed by atoms with Crippen LogP contribution in [0.15, 0.2) is 36.4 Å². The van der Waals surface area contributed by atoms with Gasteiger partial charge in [-0.3, -0.25) is 14.5 Å². The number of nitrogens with zero attached hydrogens (tertiary/aromatic N) is 1. The highest BCUT2D eigenvalue weighted by Gasteiger charge is 2.49. The van der Waals surface area contributed by atoms with Crippen molar-refractivity contribution in [2.75, 3.05) is 20.3 Å². The molecule has 2 aliphatic rings. The van der Waals surface area contributed by atoms with Crippen LogP contribution in [0.4, 0.5) is 4.79 Å². The average Bonchev–Trinajstić information content (AvgIpc) is 2.92. The van der Waals surface area contributed by atoms with Gasteiger partial charge in [-0.25, -0.2) is 4.79 Å². The fourth-order valence-electron chi connectivity index (χ4n) is 3.80. The summed E-state index contributed by atoms with van der Waals surface area (Å²) in [6.45, 7) is 4.19. The number of urea groups is 1. The Morgan fingerprint density at radius 3 is 2.58 bits per heavy atom. The minimum Gasteiger partial charge on any atom is -0.496 e. The lowest BCUT2D eigenvalue weighted by atomic mass is 9.91. The third-order valence-electron chi connectivity index (χ3n) is 5.62. The summed E-state index contributed by atoms with van der Waals surface area (Å²) in [6.07, 6.45) is 0.770. The smallest absolute Gasteiger partial charge is 0.325 e. The second kappa shape index (κ2) is 7.94. The van der Waals surface area contributed by atoms with Gasteiger partial charge in [-0.15, -0.1) is 0 Å². The van der Waals surface area contributed by atoms with E-state index in [0.717, 1.165) is 11.3 Å². The Kier molecular flexibility index (Phi) is 5.31. The van der Waals surface area contributed by atoms with Gasteiger partial charge < -0.3 is 19.5 Å². The largest absolute Gasteiger partial charge is 0.496 e. The number of fused-ring (bicyclic) bond motifs is 1. The van der Waals surface area contributed by atoms with Crippen molar-refractivity contribution < 1.29 is 28.6 Å². The standard InChI is InChI=1S/C23H24N2O6/c1-14(26)15-5-7-18(29-3)16(11-15)13-25-21(27)23(2,24-22(25)28)17-6-8-19-20(12-17)31-10-4-9-30-19/h5-8,11-12H,4,9-10,13H2,1-3H3,(H,24,28)/t23-/m0/s1. The molecule has 0 bridgehead atoms. The molecule has 8 heteroatoms. The number of carbonyl (C=O) groups is 3. The lowest BCUT2D eigenvalue weighted by molar-refractivity contribution is -0.131. The average molecular weight is 424 g/mol. The van der Waals surface area contributed by atoms with Crippen LogP contribution in [0, 0.1) is 0 Å². The van der Waals surface area contributed by atoms with Crippen molar-refractivity contribution in [2.24, 2.45) is 0 Å². The lowest BCUT2D eigenvalue weighted by Crippen LogP contribution is -2.40. The molecule has 31 heavy (non-hydrogen) atoms. The number of Topliss-reactive ketones (excluding diaryl/α,β-unsaturated/α-hetero) is 1. The van der Waals surface area contributed by atoms with E-state index in [-0.39, 0.29) is 12.3 Å². The molecule has 1 N–H and O–H groups in total. The molecule has 0 spiro atoms. The van der Waals surface area contributed by atoms with Gasteiger partial charge in [-0.05, 0) is 49.7 Å². The molecule has 0 saturated carbocycles. The maximum Gasteiger partial charge on any atom is 0.325 e. The molecule has 1 saturated heterocycles. The number of methoxy groups -OCH3 is 1. The number of imide groups is 1. The van der Waals surface area contributed by atoms with E-state index in [1.807, 2.05) is 0 Å². The summed E-state index contributed by atoms with van der Waals surface area (Å²) in [5.41, 5.74) is 0.393. The van der Waals surface area contributed by atoms with Gasteiger partial charge in [0.2, 0.25) is 0 Å². The van der Waals surface area contributed by atoms with Gasteiger partial charge in [0.15, 0.2) is 17.3 Å². The van der Waals surface area contributed by atoms with Crippen molar-refractivity contribution in [3.8, 4) is 17.2 Å². The van der Waals surface area contributed by atoms with Crippen molar-refractivity contribution >= 4 is 17.7 Å². The quantitative estimate of drug-likeness (QED) is 0.586. The number of ether oxygens (including phenoxy) is 3. The van der Waals surface area contributed by atoms with Crippen LogP contribution >= 0.6 is 0 Å². The molecular formula is C23H24N2O6. The molecular weight excluding hydrogens is 400 g/mol. The van der Waals surface area contributed by atoms with E-state index in [0.29, 0.717) is 47.2 Å². The van der Waals surface area contributed by atoms with Gasteiger partial charge in [0.1, 0.15) is 11.3 Å². The van der Waals surface area contributed by atoms with E-state index < -0.39 is 17.5 Å². The highest BCUT2D eigenvalue weighted by molar-refractivity contribution is 6.07. The SMILES string of the molecule is COc1ccc(C(C)=O)cc1CN1C(=O)N[C@@](C)(c2ccc3c(c2)OCCCO3)C1=O. The Morgan fingerprint density at radius 2 is 1.87 bits per heavy atom. The van der Waals surface area contributed by atoms with Gasteiger partial charge in [0.05, 0.1) is 26.9 Å². The number of ketones is 1. The molecule has 2 aliphatic heterocycles. The highest BCUT2D eigenvalue weighted by atomic mass is 16.5. The number of nitrogens with one attached hydrogen (secondary N) is 1. The fraction of sp³-hybridized carbons (Fsp3) is 0.348. The van der Waals surface area contributed by atoms with Crippen LogP contribution in [0.1, 0.15) is 41.8 Å². The molecule has 4 rings (SSSR count). The summed E-state index contributed by atoms with van der Waals surface area (Å²) in [5, 5.41) is 2.80. The number of benzene rings is 2. The Labute approximate surface area is 180 Å². The summed E-state index contributed by atoms with van der Waals surface area (Å²) in [7, 11) is 1.50. The zero-order valence-corrected chi connectivity index (χ0v) is 17.7. The number of carbonyl (C=O) groups excluding carboxylic acids is 3. The topological polar surface area (TPSA) is 94.2 Å². The summed E-state index contributed by atoms with van der Waals surface area (Å²) in [5.74, 6) is 1.15. The van der Waals surface area contributed by atoms with Crippen LogP contribution in [-0.4, -0.2) is 42.9 Å². The second-order valence-corrected chi connectivity index (χ2v) is 7.74. The molecule has 2 heterocycles. The molecule has 0 aliphatic carbocycles. The van der Waals surface area contributed by atoms with Gasteiger partial charge in [-0.2, -0.15) is 0 Å². The second-order valence-electron chi connectivity index (χ2n) is 7.74. The third-order valence-corrected chi connectivity index (χ3v) is 5.62. The normalized spacial score (nSPS) is 20.3. The van der Waals surface area contributed by atoms with Gasteiger partial charge in [0.25, 0.3) is 5.91 Å². The number of rotatable bonds is 5. The van der Waals surface area contributed by atoms with Crippen LogP contribution in [0.3, 0.4) is 0 Å². The van der Waals surface area contributed by atoms with Crippen LogP contribution in [0.5, 0.6) is 17.2 Å². The van der Waals surface area contributed by atoms with E-state index in [4.69, 9.17) is 14.2 Å². The summed E-state index contributed by atoms with van der Waals surface area (Å²) in [4.78, 5) is 39.0. The van der Waals surface area contributed by atoms with Crippen molar-refractivity contribution in [3.05, 3.63) is 53.1 Å². The molecule has 1 atom stereocenters. The molecule has 8 nitrogen and oxygen atoms in total. The van der Waals surface area contributed by atoms with Gasteiger partial charge in [-0.1, -0.05) is 6.07 Å². The first-order valence-corrected chi connectivity index (χ1v) is 10.1. The molecule has 3 amide bonds. The summed E-state index contributed by atoms with van der Waals surface area (Å²) < 4.78 is 16.7. The van der Waals surface area contributed by atoms with E-state index in [1.165, 1.54) is 14.0 Å². The minimum atomic E-state index is -1.26. The first-order valence-electron chi connectivity index (χ1n) is 10.1. The number of hydrogen-bond donors (Lipinski definition) is 1. The molecule has 1 fully saturated rings. The Bertz CT molecular complexity index is 1070. The van der Waals surface area contributed by atoms with Crippen LogP contribution in [-0.2, 0) is 16.9 Å². The predicted molar refractivity (Wildman–Crippen MR) is 111 cm³/mol. The van der Waals surface area contributed by atoms with E-state index >= 15 is 0 Å². The lowest BCUT2D eigenvalue weighted by Gasteiger charge is -2.23.